The van der Waals surface area contributed by atoms with E-state index in [2.05, 4.69) is 31.6 Å². The molecule has 0 amide bonds. The topological polar surface area (TPSA) is 50.9 Å². The van der Waals surface area contributed by atoms with Crippen LogP contribution in [0.2, 0.25) is 5.02 Å². The Bertz CT molecular complexity index is 442. The van der Waals surface area contributed by atoms with Gasteiger partial charge in [0.2, 0.25) is 0 Å². The van der Waals surface area contributed by atoms with Crippen LogP contribution in [0.5, 0.6) is 5.75 Å². The summed E-state index contributed by atoms with van der Waals surface area (Å²) >= 11 is 8.79. The SMILES string of the molecule is Oc1c(Cl)ccc2c1nn[n]2[Ag]. The molecular weight excluding hydrogens is 273 g/mol. The first-order valence-electron chi connectivity index (χ1n) is 3.06. The fraction of sp³-hybridized carbons (Fsp3) is 0. The van der Waals surface area contributed by atoms with Gasteiger partial charge in [-0.3, -0.25) is 0 Å². The summed E-state index contributed by atoms with van der Waals surface area (Å²) in [5, 5.41) is 17.0. The number of benzene rings is 1. The fourth-order valence-electron chi connectivity index (χ4n) is 0.907. The summed E-state index contributed by atoms with van der Waals surface area (Å²) in [7, 11) is 0. The van der Waals surface area contributed by atoms with E-state index in [1.54, 1.807) is 12.1 Å². The Labute approximate surface area is 85.4 Å². The predicted molar refractivity (Wildman–Crippen MR) is 39.6 cm³/mol. The van der Waals surface area contributed by atoms with Gasteiger partial charge in [-0.1, -0.05) is 0 Å². The van der Waals surface area contributed by atoms with Gasteiger partial charge in [0.05, 0.1) is 0 Å². The van der Waals surface area contributed by atoms with Crippen LogP contribution in [-0.2, 0) is 21.3 Å². The summed E-state index contributed by atoms with van der Waals surface area (Å²) in [6.45, 7) is 0. The number of aromatic nitrogens is 3. The van der Waals surface area contributed by atoms with Gasteiger partial charge in [0.15, 0.2) is 0 Å². The minimum absolute atomic E-state index is 0.0422. The van der Waals surface area contributed by atoms with Crippen molar-refractivity contribution in [3.63, 3.8) is 0 Å². The quantitative estimate of drug-likeness (QED) is 0.733. The van der Waals surface area contributed by atoms with Crippen LogP contribution in [0.3, 0.4) is 0 Å². The second kappa shape index (κ2) is 2.74. The molecule has 0 aliphatic rings. The predicted octanol–water partition coefficient (Wildman–Crippen LogP) is 1.10. The molecule has 66 valence electrons. The Hall–Kier alpha value is -0.550. The molecule has 2 rings (SSSR count). The van der Waals surface area contributed by atoms with Gasteiger partial charge in [-0.05, 0) is 0 Å². The third kappa shape index (κ3) is 1.04. The molecule has 0 aliphatic carbocycles. The van der Waals surface area contributed by atoms with Crippen LogP contribution in [0.25, 0.3) is 11.0 Å². The Morgan fingerprint density at radius 2 is 2.25 bits per heavy atom. The first kappa shape index (κ1) is 8.07. The van der Waals surface area contributed by atoms with Crippen molar-refractivity contribution >= 4 is 22.6 Å². The summed E-state index contributed by atoms with van der Waals surface area (Å²) in [6.07, 6.45) is 0. The maximum atomic E-state index is 9.40. The van der Waals surface area contributed by atoms with Gasteiger partial charge in [0.25, 0.3) is 0 Å². The number of nitrogens with zero attached hydrogens (tertiary/aromatic N) is 3. The van der Waals surface area contributed by atoms with Gasteiger partial charge in [0.1, 0.15) is 0 Å². The Morgan fingerprint density at radius 3 is 3.00 bits per heavy atom. The number of fused-ring (bicyclic) bond motifs is 1. The van der Waals surface area contributed by atoms with Crippen molar-refractivity contribution in [1.29, 1.82) is 0 Å². The summed E-state index contributed by atoms with van der Waals surface area (Å²) < 4.78 is 1.38. The van der Waals surface area contributed by atoms with E-state index in [1.807, 2.05) is 0 Å². The number of phenolic OH excluding ortho intramolecular Hbond substituents is 1. The molecule has 0 saturated heterocycles. The molecule has 0 radical (unpaired) electrons. The number of halogens is 1. The van der Waals surface area contributed by atoms with Crippen LogP contribution in [0.4, 0.5) is 0 Å². The summed E-state index contributed by atoms with van der Waals surface area (Å²) in [5.41, 5.74) is 1.06. The van der Waals surface area contributed by atoms with Crippen LogP contribution in [0, 0.1) is 0 Å². The standard InChI is InChI=1S/C6H3ClN3O.Ag/c7-3-1-2-4-5(6(3)11)9-10-8-4;/h1-2H,(H-,8,9,10,11);/q-1;+1. The zero-order valence-corrected chi connectivity index (χ0v) is 7.86. The number of phenols is 1. The Kier molecular flexibility index (Phi) is 1.84. The van der Waals surface area contributed by atoms with Crippen LogP contribution < -0.4 is 0 Å². The average Bonchev–Trinajstić information content (AvgIpc) is 2.41. The summed E-state index contributed by atoms with van der Waals surface area (Å²) in [5.74, 6) is -0.0422. The third-order valence-corrected chi connectivity index (χ3v) is 2.27. The molecule has 6 heteroatoms. The molecular formula is C6H3AgClN3O. The third-order valence-electron chi connectivity index (χ3n) is 1.48. The molecule has 0 bridgehead atoms. The van der Waals surface area contributed by atoms with Gasteiger partial charge >= 0.3 is 85.4 Å². The summed E-state index contributed by atoms with van der Waals surface area (Å²) in [6, 6.07) is 3.30. The molecule has 0 saturated carbocycles. The fourth-order valence-corrected chi connectivity index (χ4v) is 1.39. The molecule has 1 N–H and O–H groups in total. The molecule has 12 heavy (non-hydrogen) atoms. The van der Waals surface area contributed by atoms with Crippen LogP contribution in [0.1, 0.15) is 0 Å². The minimum atomic E-state index is -0.0422. The zero-order chi connectivity index (χ0) is 8.72. The van der Waals surface area contributed by atoms with Crippen molar-refractivity contribution in [2.75, 3.05) is 0 Å². The molecule has 0 fully saturated rings. The molecule has 0 unspecified atom stereocenters. The van der Waals surface area contributed by atoms with Gasteiger partial charge in [-0.25, -0.2) is 0 Å². The molecule has 4 nitrogen and oxygen atoms in total. The van der Waals surface area contributed by atoms with Crippen molar-refractivity contribution in [2.24, 2.45) is 0 Å². The van der Waals surface area contributed by atoms with Crippen molar-refractivity contribution in [2.45, 2.75) is 0 Å². The maximum absolute atomic E-state index is 9.40. The van der Waals surface area contributed by atoms with Crippen molar-refractivity contribution < 1.29 is 26.4 Å². The van der Waals surface area contributed by atoms with E-state index in [0.29, 0.717) is 11.0 Å². The second-order valence-electron chi connectivity index (χ2n) is 2.18. The van der Waals surface area contributed by atoms with Gasteiger partial charge in [0, 0.05) is 0 Å². The average molecular weight is 276 g/mol. The normalized spacial score (nSPS) is 10.9. The molecule has 0 spiro atoms. The van der Waals surface area contributed by atoms with Crippen LogP contribution >= 0.6 is 11.6 Å². The van der Waals surface area contributed by atoms with E-state index in [-0.39, 0.29) is 10.8 Å². The van der Waals surface area contributed by atoms with Crippen LogP contribution in [0.15, 0.2) is 12.1 Å². The first-order chi connectivity index (χ1) is 5.70. The monoisotopic (exact) mass is 275 g/mol. The number of aromatic hydroxyl groups is 1. The van der Waals surface area contributed by atoms with Gasteiger partial charge < -0.3 is 0 Å². The van der Waals surface area contributed by atoms with Crippen molar-refractivity contribution in [3.8, 4) is 5.75 Å². The van der Waals surface area contributed by atoms with E-state index in [4.69, 9.17) is 11.6 Å². The number of hydrogen-bond donors (Lipinski definition) is 1. The van der Waals surface area contributed by atoms with E-state index >= 15 is 0 Å². The zero-order valence-electron chi connectivity index (χ0n) is 5.62. The van der Waals surface area contributed by atoms with E-state index in [1.165, 1.54) is 3.09 Å². The van der Waals surface area contributed by atoms with Crippen molar-refractivity contribution in [3.05, 3.63) is 17.2 Å². The number of rotatable bonds is 0. The molecule has 1 aromatic heterocycles. The summed E-state index contributed by atoms with van der Waals surface area (Å²) in [4.78, 5) is 0. The van der Waals surface area contributed by atoms with E-state index < -0.39 is 0 Å². The molecule has 1 heterocycles. The van der Waals surface area contributed by atoms with Gasteiger partial charge in [-0.15, -0.1) is 0 Å². The van der Waals surface area contributed by atoms with Crippen molar-refractivity contribution in [1.82, 2.24) is 13.4 Å². The molecule has 1 aromatic carbocycles. The molecule has 0 atom stereocenters. The van der Waals surface area contributed by atoms with Crippen LogP contribution in [-0.4, -0.2) is 18.5 Å². The number of hydrogen-bond acceptors (Lipinski definition) is 3. The Balaban J connectivity index is 2.93. The molecule has 2 aromatic rings. The van der Waals surface area contributed by atoms with Gasteiger partial charge in [-0.2, -0.15) is 0 Å². The first-order valence-corrected chi connectivity index (χ1v) is 4.10. The second-order valence-corrected chi connectivity index (χ2v) is 3.22. The molecule has 0 aliphatic heterocycles. The van der Waals surface area contributed by atoms with E-state index in [9.17, 15) is 5.11 Å². The van der Waals surface area contributed by atoms with E-state index in [0.717, 1.165) is 0 Å². The Morgan fingerprint density at radius 1 is 1.50 bits per heavy atom.